The molecule has 0 N–H and O–H groups in total. The van der Waals surface area contributed by atoms with Crippen LogP contribution in [-0.2, 0) is 6.54 Å². The van der Waals surface area contributed by atoms with Crippen LogP contribution in [0.25, 0.3) is 0 Å². The highest BCUT2D eigenvalue weighted by Gasteiger charge is 2.12. The van der Waals surface area contributed by atoms with Crippen LogP contribution in [0.3, 0.4) is 0 Å². The maximum atomic E-state index is 12.8. The summed E-state index contributed by atoms with van der Waals surface area (Å²) in [7, 11) is 2.09. The summed E-state index contributed by atoms with van der Waals surface area (Å²) in [5.41, 5.74) is 1.14. The van der Waals surface area contributed by atoms with Crippen LogP contribution in [0.15, 0.2) is 41.8 Å². The number of nitrogens with zero attached hydrogens (tertiary/aromatic N) is 1. The van der Waals surface area contributed by atoms with E-state index in [1.807, 2.05) is 12.1 Å². The molecule has 1 aromatic heterocycles. The molecule has 90 valence electrons. The minimum absolute atomic E-state index is 0.178. The van der Waals surface area contributed by atoms with Gasteiger partial charge in [-0.05, 0) is 43.1 Å². The number of benzene rings is 1. The van der Waals surface area contributed by atoms with Gasteiger partial charge in [-0.15, -0.1) is 11.3 Å². The molecule has 0 bridgehead atoms. The molecular formula is C14H16FNS. The Balaban J connectivity index is 2.01. The Morgan fingerprint density at radius 2 is 1.94 bits per heavy atom. The van der Waals surface area contributed by atoms with Gasteiger partial charge in [-0.2, -0.15) is 0 Å². The Morgan fingerprint density at radius 3 is 2.53 bits per heavy atom. The number of hydrogen-bond donors (Lipinski definition) is 0. The highest BCUT2D eigenvalue weighted by Crippen LogP contribution is 2.24. The maximum absolute atomic E-state index is 12.8. The van der Waals surface area contributed by atoms with E-state index < -0.39 is 0 Å². The molecule has 0 aliphatic rings. The lowest BCUT2D eigenvalue weighted by molar-refractivity contribution is 0.256. The summed E-state index contributed by atoms with van der Waals surface area (Å²) >= 11 is 1.77. The van der Waals surface area contributed by atoms with Crippen molar-refractivity contribution in [2.75, 3.05) is 7.05 Å². The summed E-state index contributed by atoms with van der Waals surface area (Å²) < 4.78 is 12.8. The van der Waals surface area contributed by atoms with E-state index in [9.17, 15) is 4.39 Å². The molecule has 0 amide bonds. The Morgan fingerprint density at radius 1 is 1.24 bits per heavy atom. The highest BCUT2D eigenvalue weighted by molar-refractivity contribution is 7.10. The zero-order chi connectivity index (χ0) is 12.3. The monoisotopic (exact) mass is 249 g/mol. The summed E-state index contributed by atoms with van der Waals surface area (Å²) in [5.74, 6) is -0.178. The highest BCUT2D eigenvalue weighted by atomic mass is 32.1. The van der Waals surface area contributed by atoms with Crippen LogP contribution in [0.2, 0.25) is 0 Å². The van der Waals surface area contributed by atoms with Gasteiger partial charge in [-0.25, -0.2) is 4.39 Å². The first-order chi connectivity index (χ1) is 8.16. The SMILES string of the molecule is CC(c1cccs1)N(C)Cc1ccc(F)cc1. The first-order valence-electron chi connectivity index (χ1n) is 5.65. The molecule has 0 radical (unpaired) electrons. The molecule has 0 spiro atoms. The van der Waals surface area contributed by atoms with E-state index in [1.165, 1.54) is 17.0 Å². The lowest BCUT2D eigenvalue weighted by Crippen LogP contribution is -2.21. The average molecular weight is 249 g/mol. The van der Waals surface area contributed by atoms with Crippen molar-refractivity contribution in [2.45, 2.75) is 19.5 Å². The van der Waals surface area contributed by atoms with E-state index in [1.54, 1.807) is 11.3 Å². The van der Waals surface area contributed by atoms with Crippen molar-refractivity contribution in [3.8, 4) is 0 Å². The summed E-state index contributed by atoms with van der Waals surface area (Å²) in [6.07, 6.45) is 0. The van der Waals surface area contributed by atoms with Crippen LogP contribution in [0.1, 0.15) is 23.4 Å². The number of hydrogen-bond acceptors (Lipinski definition) is 2. The quantitative estimate of drug-likeness (QED) is 0.789. The molecule has 0 aliphatic carbocycles. The fourth-order valence-electron chi connectivity index (χ4n) is 1.76. The van der Waals surface area contributed by atoms with E-state index in [0.29, 0.717) is 6.04 Å². The van der Waals surface area contributed by atoms with E-state index in [4.69, 9.17) is 0 Å². The molecule has 2 rings (SSSR count). The lowest BCUT2D eigenvalue weighted by Gasteiger charge is -2.23. The molecule has 1 unspecified atom stereocenters. The third-order valence-electron chi connectivity index (χ3n) is 2.96. The summed E-state index contributed by atoms with van der Waals surface area (Å²) in [6.45, 7) is 3.02. The first-order valence-corrected chi connectivity index (χ1v) is 6.53. The molecule has 2 aromatic rings. The third-order valence-corrected chi connectivity index (χ3v) is 4.00. The Hall–Kier alpha value is -1.19. The van der Waals surface area contributed by atoms with Crippen molar-refractivity contribution in [1.82, 2.24) is 4.90 Å². The van der Waals surface area contributed by atoms with Gasteiger partial charge in [0.1, 0.15) is 5.82 Å². The van der Waals surface area contributed by atoms with Crippen molar-refractivity contribution in [3.05, 3.63) is 58.0 Å². The first kappa shape index (κ1) is 12.3. The molecule has 1 nitrogen and oxygen atoms in total. The fourth-order valence-corrected chi connectivity index (χ4v) is 2.61. The Kier molecular flexibility index (Phi) is 3.92. The second kappa shape index (κ2) is 5.43. The zero-order valence-electron chi connectivity index (χ0n) is 10.1. The zero-order valence-corrected chi connectivity index (χ0v) is 10.9. The second-order valence-corrected chi connectivity index (χ2v) is 5.21. The van der Waals surface area contributed by atoms with Crippen LogP contribution in [0.5, 0.6) is 0 Å². The largest absolute Gasteiger partial charge is 0.295 e. The fraction of sp³-hybridized carbons (Fsp3) is 0.286. The van der Waals surface area contributed by atoms with Crippen LogP contribution >= 0.6 is 11.3 Å². The van der Waals surface area contributed by atoms with Crippen molar-refractivity contribution in [2.24, 2.45) is 0 Å². The summed E-state index contributed by atoms with van der Waals surface area (Å²) in [4.78, 5) is 3.62. The van der Waals surface area contributed by atoms with Crippen molar-refractivity contribution in [3.63, 3.8) is 0 Å². The Labute approximate surface area is 106 Å². The van der Waals surface area contributed by atoms with Gasteiger partial charge >= 0.3 is 0 Å². The van der Waals surface area contributed by atoms with Crippen LogP contribution < -0.4 is 0 Å². The molecule has 17 heavy (non-hydrogen) atoms. The van der Waals surface area contributed by atoms with Crippen molar-refractivity contribution < 1.29 is 4.39 Å². The molecule has 3 heteroatoms. The van der Waals surface area contributed by atoms with E-state index >= 15 is 0 Å². The van der Waals surface area contributed by atoms with E-state index in [0.717, 1.165) is 12.1 Å². The van der Waals surface area contributed by atoms with Crippen molar-refractivity contribution in [1.29, 1.82) is 0 Å². The number of halogens is 1. The molecule has 1 atom stereocenters. The van der Waals surface area contributed by atoms with Crippen LogP contribution in [0, 0.1) is 5.82 Å². The smallest absolute Gasteiger partial charge is 0.123 e. The maximum Gasteiger partial charge on any atom is 0.123 e. The van der Waals surface area contributed by atoms with Gasteiger partial charge in [0.15, 0.2) is 0 Å². The second-order valence-electron chi connectivity index (χ2n) is 4.23. The predicted molar refractivity (Wildman–Crippen MR) is 70.6 cm³/mol. The van der Waals surface area contributed by atoms with Gasteiger partial charge in [-0.1, -0.05) is 18.2 Å². The Bertz CT molecular complexity index is 450. The molecule has 0 aliphatic heterocycles. The van der Waals surface area contributed by atoms with Gasteiger partial charge < -0.3 is 0 Å². The minimum atomic E-state index is -0.178. The van der Waals surface area contributed by atoms with Crippen molar-refractivity contribution >= 4 is 11.3 Å². The third kappa shape index (κ3) is 3.14. The number of rotatable bonds is 4. The summed E-state index contributed by atoms with van der Waals surface area (Å²) in [5, 5.41) is 2.09. The van der Waals surface area contributed by atoms with Gasteiger partial charge in [0.05, 0.1) is 0 Å². The van der Waals surface area contributed by atoms with Gasteiger partial charge in [0, 0.05) is 17.5 Å². The molecule has 0 saturated carbocycles. The molecule has 1 heterocycles. The lowest BCUT2D eigenvalue weighted by atomic mass is 10.2. The molecule has 0 saturated heterocycles. The van der Waals surface area contributed by atoms with E-state index in [-0.39, 0.29) is 5.82 Å². The van der Waals surface area contributed by atoms with E-state index in [2.05, 4.69) is 36.4 Å². The van der Waals surface area contributed by atoms with Crippen LogP contribution in [0.4, 0.5) is 4.39 Å². The van der Waals surface area contributed by atoms with Gasteiger partial charge in [0.2, 0.25) is 0 Å². The molecule has 1 aromatic carbocycles. The topological polar surface area (TPSA) is 3.24 Å². The van der Waals surface area contributed by atoms with Crippen LogP contribution in [-0.4, -0.2) is 11.9 Å². The molecule has 0 fully saturated rings. The number of thiophene rings is 1. The predicted octanol–water partition coefficient (Wildman–Crippen LogP) is 4.08. The normalized spacial score (nSPS) is 12.9. The van der Waals surface area contributed by atoms with Gasteiger partial charge in [0.25, 0.3) is 0 Å². The van der Waals surface area contributed by atoms with Gasteiger partial charge in [-0.3, -0.25) is 4.90 Å². The summed E-state index contributed by atoms with van der Waals surface area (Å²) in [6, 6.07) is 11.3. The standard InChI is InChI=1S/C14H16FNS/c1-11(14-4-3-9-17-14)16(2)10-12-5-7-13(15)8-6-12/h3-9,11H,10H2,1-2H3. The minimum Gasteiger partial charge on any atom is -0.295 e. The molecular weight excluding hydrogens is 233 g/mol. The average Bonchev–Trinajstić information content (AvgIpc) is 2.84.